The number of unbranched alkanes of at least 4 members (excludes halogenated alkanes) is 1. The molecule has 0 radical (unpaired) electrons. The Bertz CT molecular complexity index is 820. The van der Waals surface area contributed by atoms with Crippen molar-refractivity contribution in [1.82, 2.24) is 16.0 Å². The van der Waals surface area contributed by atoms with Gasteiger partial charge >= 0.3 is 18.2 Å². The molecule has 0 aliphatic carbocycles. The Labute approximate surface area is 220 Å². The van der Waals surface area contributed by atoms with Gasteiger partial charge in [-0.2, -0.15) is 0 Å². The number of hydrogen-bond acceptors (Lipinski definition) is 8. The molecule has 0 aromatic heterocycles. The van der Waals surface area contributed by atoms with Gasteiger partial charge in [0.05, 0.1) is 6.10 Å². The first kappa shape index (κ1) is 32.2. The third-order valence-electron chi connectivity index (χ3n) is 4.82. The second-order valence-corrected chi connectivity index (χ2v) is 10.9. The fourth-order valence-electron chi connectivity index (χ4n) is 3.16. The van der Waals surface area contributed by atoms with Gasteiger partial charge in [0.1, 0.15) is 23.9 Å². The zero-order valence-electron chi connectivity index (χ0n) is 23.1. The highest BCUT2D eigenvalue weighted by atomic mass is 16.6. The first-order valence-electron chi connectivity index (χ1n) is 12.8. The number of carbonyl (C=O) groups excluding carboxylic acids is 3. The molecule has 37 heavy (non-hydrogen) atoms. The summed E-state index contributed by atoms with van der Waals surface area (Å²) in [6, 6.07) is 8.58. The van der Waals surface area contributed by atoms with Crippen LogP contribution in [0.25, 0.3) is 0 Å². The van der Waals surface area contributed by atoms with Crippen molar-refractivity contribution in [2.45, 2.75) is 97.2 Å². The summed E-state index contributed by atoms with van der Waals surface area (Å²) in [5, 5.41) is 18.5. The van der Waals surface area contributed by atoms with Crippen molar-refractivity contribution in [2.75, 3.05) is 19.6 Å². The minimum Gasteiger partial charge on any atom is -0.458 e. The zero-order valence-corrected chi connectivity index (χ0v) is 23.1. The molecule has 1 aromatic carbocycles. The molecule has 0 saturated heterocycles. The summed E-state index contributed by atoms with van der Waals surface area (Å²) in [6.45, 7) is 12.1. The highest BCUT2D eigenvalue weighted by molar-refractivity contribution is 5.81. The first-order chi connectivity index (χ1) is 17.2. The predicted molar refractivity (Wildman–Crippen MR) is 141 cm³/mol. The van der Waals surface area contributed by atoms with E-state index in [1.165, 1.54) is 0 Å². The van der Waals surface area contributed by atoms with Crippen LogP contribution in [-0.4, -0.2) is 66.2 Å². The normalized spacial score (nSPS) is 13.3. The maximum Gasteiger partial charge on any atom is 0.408 e. The Morgan fingerprint density at radius 2 is 1.51 bits per heavy atom. The fourth-order valence-corrected chi connectivity index (χ4v) is 3.16. The Balaban J connectivity index is 2.25. The third kappa shape index (κ3) is 17.3. The highest BCUT2D eigenvalue weighted by Gasteiger charge is 2.28. The average Bonchev–Trinajstić information content (AvgIpc) is 2.77. The van der Waals surface area contributed by atoms with Crippen LogP contribution in [-0.2, 0) is 25.6 Å². The van der Waals surface area contributed by atoms with Crippen molar-refractivity contribution in [1.29, 1.82) is 0 Å². The summed E-state index contributed by atoms with van der Waals surface area (Å²) in [5.41, 5.74) is -0.443. The van der Waals surface area contributed by atoms with Crippen LogP contribution >= 0.6 is 0 Å². The van der Waals surface area contributed by atoms with E-state index in [2.05, 4.69) is 16.0 Å². The largest absolute Gasteiger partial charge is 0.458 e. The van der Waals surface area contributed by atoms with Gasteiger partial charge in [0.2, 0.25) is 0 Å². The van der Waals surface area contributed by atoms with E-state index in [0.29, 0.717) is 38.9 Å². The number of alkyl carbamates (subject to hydrolysis) is 2. The Morgan fingerprint density at radius 3 is 2.14 bits per heavy atom. The van der Waals surface area contributed by atoms with Crippen LogP contribution in [0.1, 0.15) is 72.8 Å². The van der Waals surface area contributed by atoms with Crippen LogP contribution in [0, 0.1) is 0 Å². The summed E-state index contributed by atoms with van der Waals surface area (Å²) in [6.07, 6.45) is 0.342. The number of amides is 2. The molecule has 0 fully saturated rings. The minimum atomic E-state index is -0.813. The zero-order chi connectivity index (χ0) is 27.9. The molecule has 0 aliphatic heterocycles. The highest BCUT2D eigenvalue weighted by Crippen LogP contribution is 2.13. The van der Waals surface area contributed by atoms with Gasteiger partial charge in [0.25, 0.3) is 0 Å². The van der Waals surface area contributed by atoms with Crippen molar-refractivity contribution in [3.8, 4) is 0 Å². The quantitative estimate of drug-likeness (QED) is 0.165. The van der Waals surface area contributed by atoms with Gasteiger partial charge in [0, 0.05) is 13.1 Å². The van der Waals surface area contributed by atoms with Crippen molar-refractivity contribution in [2.24, 2.45) is 0 Å². The van der Waals surface area contributed by atoms with Gasteiger partial charge < -0.3 is 35.3 Å². The van der Waals surface area contributed by atoms with E-state index in [1.807, 2.05) is 30.3 Å². The van der Waals surface area contributed by atoms with Crippen molar-refractivity contribution in [3.05, 3.63) is 35.9 Å². The Morgan fingerprint density at radius 1 is 0.865 bits per heavy atom. The SMILES string of the molecule is CC(C)(C)OC(=O)N[C@@H](CCCCNC[C@H](O)CCNC(=O)OCc1ccccc1)C(=O)OC(C)(C)C. The van der Waals surface area contributed by atoms with Crippen molar-refractivity contribution in [3.63, 3.8) is 0 Å². The standard InChI is InChI=1S/C27H45N3O7/c1-26(2,3)36-23(32)22(30-25(34)37-27(4,5)6)14-10-11-16-28-18-21(31)15-17-29-24(33)35-19-20-12-8-7-9-13-20/h7-9,12-13,21-22,28,31H,10-11,14-19H2,1-6H3,(H,29,33)(H,30,34)/t21-,22+/m1/s1. The lowest BCUT2D eigenvalue weighted by Crippen LogP contribution is -2.46. The van der Waals surface area contributed by atoms with Gasteiger partial charge in [-0.1, -0.05) is 30.3 Å². The number of carbonyl (C=O) groups is 3. The van der Waals surface area contributed by atoms with Crippen LogP contribution in [0.3, 0.4) is 0 Å². The van der Waals surface area contributed by atoms with E-state index in [1.54, 1.807) is 41.5 Å². The van der Waals surface area contributed by atoms with Crippen molar-refractivity contribution >= 4 is 18.2 Å². The number of ether oxygens (including phenoxy) is 3. The van der Waals surface area contributed by atoms with Crippen LogP contribution in [0.15, 0.2) is 30.3 Å². The summed E-state index contributed by atoms with van der Waals surface area (Å²) in [5.74, 6) is -0.503. The second kappa shape index (κ2) is 16.1. The van der Waals surface area contributed by atoms with Gasteiger partial charge in [0.15, 0.2) is 0 Å². The maximum absolute atomic E-state index is 12.6. The number of aliphatic hydroxyl groups excluding tert-OH is 1. The summed E-state index contributed by atoms with van der Waals surface area (Å²) >= 11 is 0. The smallest absolute Gasteiger partial charge is 0.408 e. The summed E-state index contributed by atoms with van der Waals surface area (Å²) < 4.78 is 15.8. The molecular formula is C27H45N3O7. The molecule has 10 heteroatoms. The average molecular weight is 524 g/mol. The molecule has 0 heterocycles. The number of rotatable bonds is 14. The van der Waals surface area contributed by atoms with Gasteiger partial charge in [-0.05, 0) is 79.3 Å². The first-order valence-corrected chi connectivity index (χ1v) is 12.8. The van der Waals surface area contributed by atoms with Crippen LogP contribution < -0.4 is 16.0 Å². The lowest BCUT2D eigenvalue weighted by Gasteiger charge is -2.26. The molecule has 0 spiro atoms. The van der Waals surface area contributed by atoms with Crippen LogP contribution in [0.2, 0.25) is 0 Å². The molecule has 4 N–H and O–H groups in total. The number of benzene rings is 1. The lowest BCUT2D eigenvalue weighted by atomic mass is 10.1. The number of hydrogen-bond donors (Lipinski definition) is 4. The summed E-state index contributed by atoms with van der Waals surface area (Å²) in [7, 11) is 0. The van der Waals surface area contributed by atoms with Crippen LogP contribution in [0.4, 0.5) is 9.59 Å². The molecule has 0 bridgehead atoms. The molecular weight excluding hydrogens is 478 g/mol. The molecule has 210 valence electrons. The topological polar surface area (TPSA) is 135 Å². The fraction of sp³-hybridized carbons (Fsp3) is 0.667. The van der Waals surface area contributed by atoms with Crippen LogP contribution in [0.5, 0.6) is 0 Å². The van der Waals surface area contributed by atoms with E-state index < -0.39 is 41.5 Å². The molecule has 1 rings (SSSR count). The van der Waals surface area contributed by atoms with E-state index in [0.717, 1.165) is 12.0 Å². The molecule has 10 nitrogen and oxygen atoms in total. The molecule has 2 amide bonds. The monoisotopic (exact) mass is 523 g/mol. The minimum absolute atomic E-state index is 0.193. The third-order valence-corrected chi connectivity index (χ3v) is 4.82. The van der Waals surface area contributed by atoms with Crippen molar-refractivity contribution < 1.29 is 33.7 Å². The summed E-state index contributed by atoms with van der Waals surface area (Å²) in [4.78, 5) is 36.5. The van der Waals surface area contributed by atoms with Gasteiger partial charge in [-0.15, -0.1) is 0 Å². The van der Waals surface area contributed by atoms with E-state index in [4.69, 9.17) is 14.2 Å². The van der Waals surface area contributed by atoms with E-state index >= 15 is 0 Å². The molecule has 2 atom stereocenters. The second-order valence-electron chi connectivity index (χ2n) is 10.9. The van der Waals surface area contributed by atoms with E-state index in [-0.39, 0.29) is 6.61 Å². The lowest BCUT2D eigenvalue weighted by molar-refractivity contribution is -0.157. The molecule has 1 aromatic rings. The Kier molecular flexibility index (Phi) is 14.0. The number of esters is 1. The molecule has 0 unspecified atom stereocenters. The predicted octanol–water partition coefficient (Wildman–Crippen LogP) is 3.66. The van der Waals surface area contributed by atoms with Gasteiger partial charge in [-0.3, -0.25) is 0 Å². The number of aliphatic hydroxyl groups is 1. The van der Waals surface area contributed by atoms with Gasteiger partial charge in [-0.25, -0.2) is 14.4 Å². The molecule has 0 saturated carbocycles. The Hall–Kier alpha value is -2.85. The molecule has 0 aliphatic rings. The maximum atomic E-state index is 12.6. The number of nitrogens with one attached hydrogen (secondary N) is 3. The van der Waals surface area contributed by atoms with E-state index in [9.17, 15) is 19.5 Å².